The molecule has 14 heteroatoms. The quantitative estimate of drug-likeness (QED) is 0.364. The fourth-order valence-electron chi connectivity index (χ4n) is 4.12. The topological polar surface area (TPSA) is 126 Å². The molecule has 5 rings (SSSR count). The lowest BCUT2D eigenvalue weighted by molar-refractivity contribution is -0.145. The molecule has 1 amide bonds. The minimum absolute atomic E-state index is 0.0149. The molecule has 0 spiro atoms. The number of imidazole rings is 1. The van der Waals surface area contributed by atoms with Crippen LogP contribution in [0.4, 0.5) is 34.8 Å². The summed E-state index contributed by atoms with van der Waals surface area (Å²) in [6.07, 6.45) is -1.52. The minimum atomic E-state index is -3.83. The largest absolute Gasteiger partial charge is 0.367 e. The lowest BCUT2D eigenvalue weighted by Crippen LogP contribution is -2.31. The molecule has 1 aliphatic heterocycles. The van der Waals surface area contributed by atoms with Gasteiger partial charge in [0.05, 0.1) is 22.4 Å². The molecular weight excluding hydrogens is 518 g/mol. The van der Waals surface area contributed by atoms with Crippen molar-refractivity contribution in [1.82, 2.24) is 15.0 Å². The Morgan fingerprint density at radius 3 is 2.54 bits per heavy atom. The molecule has 1 saturated heterocycles. The van der Waals surface area contributed by atoms with Crippen molar-refractivity contribution in [3.63, 3.8) is 0 Å². The average Bonchev–Trinajstić information content (AvgIpc) is 3.58. The molecule has 3 heterocycles. The molecule has 1 aliphatic carbocycles. The number of pyridine rings is 1. The van der Waals surface area contributed by atoms with E-state index in [0.717, 1.165) is 19.1 Å². The number of ether oxygens (including phenoxy) is 1. The molecular formula is C23H23F4N5O4S. The molecule has 3 aromatic rings. The van der Waals surface area contributed by atoms with Crippen molar-refractivity contribution in [2.75, 3.05) is 23.5 Å². The van der Waals surface area contributed by atoms with Gasteiger partial charge in [-0.2, -0.15) is 0 Å². The van der Waals surface area contributed by atoms with Crippen molar-refractivity contribution >= 4 is 44.1 Å². The third kappa shape index (κ3) is 5.54. The maximum absolute atomic E-state index is 13.5. The van der Waals surface area contributed by atoms with Crippen molar-refractivity contribution < 1.29 is 35.5 Å². The zero-order valence-electron chi connectivity index (χ0n) is 19.5. The van der Waals surface area contributed by atoms with Gasteiger partial charge in [-0.3, -0.25) is 4.79 Å². The molecule has 1 aromatic carbocycles. The van der Waals surface area contributed by atoms with Gasteiger partial charge in [-0.25, -0.2) is 35.9 Å². The first-order valence-corrected chi connectivity index (χ1v) is 13.4. The third-order valence-corrected chi connectivity index (χ3v) is 7.33. The summed E-state index contributed by atoms with van der Waals surface area (Å²) in [6.45, 7) is -0.762. The van der Waals surface area contributed by atoms with Crippen LogP contribution >= 0.6 is 0 Å². The van der Waals surface area contributed by atoms with E-state index in [1.807, 2.05) is 0 Å². The van der Waals surface area contributed by atoms with Gasteiger partial charge in [0.1, 0.15) is 17.9 Å². The van der Waals surface area contributed by atoms with Gasteiger partial charge in [-0.05, 0) is 37.0 Å². The van der Waals surface area contributed by atoms with E-state index >= 15 is 0 Å². The van der Waals surface area contributed by atoms with Crippen LogP contribution in [0.5, 0.6) is 0 Å². The molecule has 9 nitrogen and oxygen atoms in total. The second-order valence-corrected chi connectivity index (χ2v) is 11.3. The number of fused-ring (bicyclic) bond motifs is 1. The summed E-state index contributed by atoms with van der Waals surface area (Å²) in [5.74, 6) is -3.90. The van der Waals surface area contributed by atoms with Gasteiger partial charge in [0.2, 0.25) is 5.91 Å². The number of anilines is 3. The Morgan fingerprint density at radius 2 is 1.92 bits per heavy atom. The summed E-state index contributed by atoms with van der Waals surface area (Å²) in [6, 6.07) is 5.71. The SMILES string of the molecule is CS(=O)(=O)c1cc([C@@H]2CCC(F)(F)CO2)ccc1Nc1cc(NC(=O)C2CC2)nc2[nH]c(C(F)F)nc12. The third-order valence-electron chi connectivity index (χ3n) is 6.19. The highest BCUT2D eigenvalue weighted by molar-refractivity contribution is 7.90. The Balaban J connectivity index is 1.52. The van der Waals surface area contributed by atoms with Gasteiger partial charge < -0.3 is 20.4 Å². The van der Waals surface area contributed by atoms with E-state index in [1.54, 1.807) is 6.07 Å². The normalized spacial score (nSPS) is 19.8. The van der Waals surface area contributed by atoms with Crippen LogP contribution in [0.1, 0.15) is 49.6 Å². The summed E-state index contributed by atoms with van der Waals surface area (Å²) < 4.78 is 84.2. The highest BCUT2D eigenvalue weighted by atomic mass is 32.2. The highest BCUT2D eigenvalue weighted by Crippen LogP contribution is 2.39. The number of aromatic nitrogens is 3. The molecule has 2 aromatic heterocycles. The number of halogens is 4. The molecule has 0 radical (unpaired) electrons. The molecule has 37 heavy (non-hydrogen) atoms. The maximum atomic E-state index is 13.5. The molecule has 0 bridgehead atoms. The number of carbonyl (C=O) groups excluding carboxylic acids is 1. The number of rotatable bonds is 7. The predicted octanol–water partition coefficient (Wildman–Crippen LogP) is 4.88. The van der Waals surface area contributed by atoms with E-state index in [0.29, 0.717) is 5.56 Å². The number of nitrogens with one attached hydrogen (secondary N) is 3. The summed E-state index contributed by atoms with van der Waals surface area (Å²) in [5, 5.41) is 5.56. The molecule has 3 N–H and O–H groups in total. The van der Waals surface area contributed by atoms with E-state index in [1.165, 1.54) is 18.2 Å². The van der Waals surface area contributed by atoms with E-state index in [2.05, 4.69) is 25.6 Å². The summed E-state index contributed by atoms with van der Waals surface area (Å²) >= 11 is 0. The Kier molecular flexibility index (Phi) is 6.34. The molecule has 198 valence electrons. The number of hydrogen-bond acceptors (Lipinski definition) is 7. The van der Waals surface area contributed by atoms with Crippen molar-refractivity contribution in [3.05, 3.63) is 35.7 Å². The first kappa shape index (κ1) is 25.4. The molecule has 1 atom stereocenters. The zero-order valence-corrected chi connectivity index (χ0v) is 20.3. The fourth-order valence-corrected chi connectivity index (χ4v) is 4.99. The van der Waals surface area contributed by atoms with Crippen molar-refractivity contribution in [3.8, 4) is 0 Å². The second-order valence-electron chi connectivity index (χ2n) is 9.29. The standard InChI is InChI=1S/C23H23F4N5O4S/c1-37(34,35)16-8-12(15-6-7-23(26,27)10-36-15)4-5-13(16)28-14-9-17(30-22(33)11-2-3-11)29-20-18(14)31-21(32-20)19(24)25/h4-5,8-9,11,15,19H,2-3,6-7,10H2,1H3,(H3,28,29,30,31,32,33)/t15-/m0/s1. The number of amides is 1. The monoisotopic (exact) mass is 541 g/mol. The number of benzene rings is 1. The summed E-state index contributed by atoms with van der Waals surface area (Å²) in [7, 11) is -3.83. The van der Waals surface area contributed by atoms with Gasteiger partial charge in [0.15, 0.2) is 21.3 Å². The number of nitrogens with zero attached hydrogens (tertiary/aromatic N) is 2. The molecule has 1 saturated carbocycles. The Hall–Kier alpha value is -3.26. The van der Waals surface area contributed by atoms with Crippen LogP contribution in [0.2, 0.25) is 0 Å². The van der Waals surface area contributed by atoms with E-state index in [4.69, 9.17) is 4.74 Å². The van der Waals surface area contributed by atoms with Gasteiger partial charge in [-0.15, -0.1) is 0 Å². The number of carbonyl (C=O) groups is 1. The van der Waals surface area contributed by atoms with Crippen molar-refractivity contribution in [1.29, 1.82) is 0 Å². The number of hydrogen-bond donors (Lipinski definition) is 3. The van der Waals surface area contributed by atoms with E-state index in [-0.39, 0.29) is 57.9 Å². The van der Waals surface area contributed by atoms with Crippen LogP contribution in [0.3, 0.4) is 0 Å². The molecule has 2 fully saturated rings. The first-order valence-electron chi connectivity index (χ1n) is 11.5. The van der Waals surface area contributed by atoms with Crippen LogP contribution in [-0.2, 0) is 19.4 Å². The summed E-state index contributed by atoms with van der Waals surface area (Å²) in [5.41, 5.74) is 0.631. The molecule has 0 unspecified atom stereocenters. The van der Waals surface area contributed by atoms with Gasteiger partial charge in [0, 0.05) is 24.7 Å². The first-order chi connectivity index (χ1) is 17.4. The van der Waals surface area contributed by atoms with Crippen LogP contribution < -0.4 is 10.6 Å². The van der Waals surface area contributed by atoms with E-state index in [9.17, 15) is 30.8 Å². The van der Waals surface area contributed by atoms with Gasteiger partial charge in [-0.1, -0.05) is 6.07 Å². The lowest BCUT2D eigenvalue weighted by Gasteiger charge is -2.29. The van der Waals surface area contributed by atoms with Crippen LogP contribution in [0.15, 0.2) is 29.2 Å². The van der Waals surface area contributed by atoms with Crippen LogP contribution in [0, 0.1) is 5.92 Å². The van der Waals surface area contributed by atoms with Crippen LogP contribution in [0.25, 0.3) is 11.2 Å². The van der Waals surface area contributed by atoms with E-state index < -0.39 is 40.7 Å². The number of sulfone groups is 1. The number of alkyl halides is 4. The Bertz CT molecular complexity index is 1460. The maximum Gasteiger partial charge on any atom is 0.295 e. The fraction of sp³-hybridized carbons (Fsp3) is 0.435. The average molecular weight is 542 g/mol. The van der Waals surface area contributed by atoms with Crippen molar-refractivity contribution in [2.24, 2.45) is 5.92 Å². The second kappa shape index (κ2) is 9.24. The Morgan fingerprint density at radius 1 is 1.16 bits per heavy atom. The minimum Gasteiger partial charge on any atom is -0.367 e. The smallest absolute Gasteiger partial charge is 0.295 e. The highest BCUT2D eigenvalue weighted by Gasteiger charge is 2.37. The number of aromatic amines is 1. The Labute approximate surface area is 208 Å². The lowest BCUT2D eigenvalue weighted by atomic mass is 9.99. The van der Waals surface area contributed by atoms with Gasteiger partial charge in [0.25, 0.3) is 12.3 Å². The zero-order chi connectivity index (χ0) is 26.5. The summed E-state index contributed by atoms with van der Waals surface area (Å²) in [4.78, 5) is 22.6. The molecule has 2 aliphatic rings. The predicted molar refractivity (Wildman–Crippen MR) is 126 cm³/mol. The van der Waals surface area contributed by atoms with Crippen LogP contribution in [-0.4, -0.2) is 48.1 Å². The number of H-pyrrole nitrogens is 1. The van der Waals surface area contributed by atoms with Crippen molar-refractivity contribution in [2.45, 2.75) is 49.0 Å². The van der Waals surface area contributed by atoms with Gasteiger partial charge >= 0.3 is 0 Å².